The summed E-state index contributed by atoms with van der Waals surface area (Å²) >= 11 is 0. The van der Waals surface area contributed by atoms with E-state index in [1.165, 1.54) is 32.4 Å². The predicted molar refractivity (Wildman–Crippen MR) is 95.9 cm³/mol. The molecule has 0 unspecified atom stereocenters. The van der Waals surface area contributed by atoms with Crippen LogP contribution in [0.2, 0.25) is 0 Å². The molecule has 9 nitrogen and oxygen atoms in total. The number of rotatable bonds is 8. The molecule has 0 saturated heterocycles. The number of methoxy groups -OCH3 is 2. The third kappa shape index (κ3) is 5.43. The normalized spacial score (nSPS) is 10.0. The molecule has 0 spiro atoms. The van der Waals surface area contributed by atoms with E-state index in [4.69, 9.17) is 14.2 Å². The highest BCUT2D eigenvalue weighted by Crippen LogP contribution is 2.28. The summed E-state index contributed by atoms with van der Waals surface area (Å²) in [7, 11) is 2.93. The molecule has 0 fully saturated rings. The molecule has 1 amide bonds. The highest BCUT2D eigenvalue weighted by molar-refractivity contribution is 5.94. The molecule has 0 aliphatic rings. The van der Waals surface area contributed by atoms with Gasteiger partial charge in [0.1, 0.15) is 11.5 Å². The van der Waals surface area contributed by atoms with E-state index in [-0.39, 0.29) is 17.7 Å². The molecule has 0 aromatic heterocycles. The summed E-state index contributed by atoms with van der Waals surface area (Å²) < 4.78 is 15.1. The number of anilines is 1. The van der Waals surface area contributed by atoms with Crippen LogP contribution in [0.4, 0.5) is 11.4 Å². The van der Waals surface area contributed by atoms with Gasteiger partial charge >= 0.3 is 5.97 Å². The quantitative estimate of drug-likeness (QED) is 0.428. The molecule has 2 aromatic rings. The van der Waals surface area contributed by atoms with Gasteiger partial charge in [-0.2, -0.15) is 0 Å². The lowest BCUT2D eigenvalue weighted by molar-refractivity contribution is -0.385. The van der Waals surface area contributed by atoms with Crippen LogP contribution in [0.25, 0.3) is 0 Å². The number of ether oxygens (including phenoxy) is 3. The van der Waals surface area contributed by atoms with E-state index in [9.17, 15) is 19.7 Å². The van der Waals surface area contributed by atoms with Crippen LogP contribution < -0.4 is 14.8 Å². The molecule has 0 heterocycles. The lowest BCUT2D eigenvalue weighted by Gasteiger charge is -2.12. The zero-order valence-corrected chi connectivity index (χ0v) is 14.8. The number of carbonyl (C=O) groups is 2. The second-order valence-electron chi connectivity index (χ2n) is 5.34. The standard InChI is InChI=1S/C18H18N2O7/c1-25-13-7-8-16(26-2)14(10-13)19-17(21)11-27-18(22)9-12-5-3-4-6-15(12)20(23)24/h3-8,10H,9,11H2,1-2H3,(H,19,21). The Morgan fingerprint density at radius 3 is 2.52 bits per heavy atom. The number of nitro groups is 1. The highest BCUT2D eigenvalue weighted by atomic mass is 16.6. The first-order valence-corrected chi connectivity index (χ1v) is 7.84. The van der Waals surface area contributed by atoms with Crippen LogP contribution in [0.3, 0.4) is 0 Å². The van der Waals surface area contributed by atoms with Crippen LogP contribution in [0, 0.1) is 10.1 Å². The average molecular weight is 374 g/mol. The number of amides is 1. The summed E-state index contributed by atoms with van der Waals surface area (Å²) in [6, 6.07) is 10.7. The first kappa shape index (κ1) is 19.7. The Labute approximate surface area is 155 Å². The number of nitro benzene ring substituents is 1. The zero-order valence-electron chi connectivity index (χ0n) is 14.8. The van der Waals surface area contributed by atoms with Crippen LogP contribution >= 0.6 is 0 Å². The van der Waals surface area contributed by atoms with Gasteiger partial charge in [0.25, 0.3) is 11.6 Å². The number of carbonyl (C=O) groups excluding carboxylic acids is 2. The summed E-state index contributed by atoms with van der Waals surface area (Å²) in [6.45, 7) is -0.542. The van der Waals surface area contributed by atoms with Crippen molar-refractivity contribution in [2.45, 2.75) is 6.42 Å². The smallest absolute Gasteiger partial charge is 0.311 e. The van der Waals surface area contributed by atoms with Gasteiger partial charge in [0, 0.05) is 17.7 Å². The Kier molecular flexibility index (Phi) is 6.70. The summed E-state index contributed by atoms with van der Waals surface area (Å²) in [5.74, 6) is -0.413. The van der Waals surface area contributed by atoms with Crippen LogP contribution in [0.1, 0.15) is 5.56 Å². The fourth-order valence-corrected chi connectivity index (χ4v) is 2.29. The monoisotopic (exact) mass is 374 g/mol. The lowest BCUT2D eigenvalue weighted by Crippen LogP contribution is -2.22. The predicted octanol–water partition coefficient (Wildman–Crippen LogP) is 2.34. The van der Waals surface area contributed by atoms with Crippen molar-refractivity contribution in [3.05, 3.63) is 58.1 Å². The van der Waals surface area contributed by atoms with E-state index in [1.54, 1.807) is 24.3 Å². The van der Waals surface area contributed by atoms with E-state index in [2.05, 4.69) is 5.32 Å². The van der Waals surface area contributed by atoms with Gasteiger partial charge in [0.2, 0.25) is 0 Å². The number of nitrogens with zero attached hydrogens (tertiary/aromatic N) is 1. The minimum Gasteiger partial charge on any atom is -0.497 e. The van der Waals surface area contributed by atoms with E-state index in [1.807, 2.05) is 0 Å². The average Bonchev–Trinajstić information content (AvgIpc) is 2.66. The molecule has 0 aliphatic carbocycles. The van der Waals surface area contributed by atoms with E-state index < -0.39 is 23.4 Å². The van der Waals surface area contributed by atoms with Gasteiger partial charge < -0.3 is 19.5 Å². The van der Waals surface area contributed by atoms with Gasteiger partial charge in [-0.25, -0.2) is 0 Å². The number of esters is 1. The van der Waals surface area contributed by atoms with Crippen molar-refractivity contribution in [1.82, 2.24) is 0 Å². The van der Waals surface area contributed by atoms with E-state index in [0.717, 1.165) is 0 Å². The Hall–Kier alpha value is -3.62. The zero-order chi connectivity index (χ0) is 19.8. The Morgan fingerprint density at radius 1 is 1.11 bits per heavy atom. The first-order chi connectivity index (χ1) is 12.9. The number of benzene rings is 2. The molecule has 9 heteroatoms. The molecule has 0 aliphatic heterocycles. The van der Waals surface area contributed by atoms with Gasteiger partial charge in [-0.1, -0.05) is 18.2 Å². The minimum absolute atomic E-state index is 0.181. The Morgan fingerprint density at radius 2 is 1.85 bits per heavy atom. The van der Waals surface area contributed by atoms with E-state index >= 15 is 0 Å². The first-order valence-electron chi connectivity index (χ1n) is 7.84. The molecule has 0 bridgehead atoms. The maximum absolute atomic E-state index is 12.0. The second kappa shape index (κ2) is 9.18. The van der Waals surface area contributed by atoms with Crippen molar-refractivity contribution in [2.24, 2.45) is 0 Å². The minimum atomic E-state index is -0.753. The van der Waals surface area contributed by atoms with Crippen molar-refractivity contribution >= 4 is 23.3 Å². The molecule has 2 rings (SSSR count). The van der Waals surface area contributed by atoms with Crippen molar-refractivity contribution < 1.29 is 28.7 Å². The number of hydrogen-bond acceptors (Lipinski definition) is 7. The number of nitrogens with one attached hydrogen (secondary N) is 1. The summed E-state index contributed by atoms with van der Waals surface area (Å²) in [4.78, 5) is 34.3. The number of para-hydroxylation sites is 1. The van der Waals surface area contributed by atoms with Gasteiger partial charge in [-0.3, -0.25) is 19.7 Å². The summed E-state index contributed by atoms with van der Waals surface area (Å²) in [6.07, 6.45) is -0.313. The summed E-state index contributed by atoms with van der Waals surface area (Å²) in [5, 5.41) is 13.5. The van der Waals surface area contributed by atoms with Crippen LogP contribution in [-0.4, -0.2) is 37.6 Å². The van der Waals surface area contributed by atoms with Gasteiger partial charge in [0.15, 0.2) is 6.61 Å². The van der Waals surface area contributed by atoms with Gasteiger partial charge in [-0.15, -0.1) is 0 Å². The second-order valence-corrected chi connectivity index (χ2v) is 5.34. The van der Waals surface area contributed by atoms with Gasteiger partial charge in [0.05, 0.1) is 31.3 Å². The lowest BCUT2D eigenvalue weighted by atomic mass is 10.1. The fourth-order valence-electron chi connectivity index (χ4n) is 2.29. The third-order valence-corrected chi connectivity index (χ3v) is 3.57. The molecule has 0 radical (unpaired) electrons. The van der Waals surface area contributed by atoms with E-state index in [0.29, 0.717) is 17.2 Å². The SMILES string of the molecule is COc1ccc(OC)c(NC(=O)COC(=O)Cc2ccccc2[N+](=O)[O-])c1. The van der Waals surface area contributed by atoms with Crippen molar-refractivity contribution in [3.8, 4) is 11.5 Å². The maximum atomic E-state index is 12.0. The summed E-state index contributed by atoms with van der Waals surface area (Å²) in [5.41, 5.74) is 0.388. The maximum Gasteiger partial charge on any atom is 0.311 e. The third-order valence-electron chi connectivity index (χ3n) is 3.57. The van der Waals surface area contributed by atoms with Crippen molar-refractivity contribution in [2.75, 3.05) is 26.1 Å². The molecule has 0 atom stereocenters. The molecular formula is C18H18N2O7. The van der Waals surface area contributed by atoms with Gasteiger partial charge in [-0.05, 0) is 12.1 Å². The fraction of sp³-hybridized carbons (Fsp3) is 0.222. The van der Waals surface area contributed by atoms with Crippen molar-refractivity contribution in [3.63, 3.8) is 0 Å². The van der Waals surface area contributed by atoms with Crippen LogP contribution in [0.5, 0.6) is 11.5 Å². The Bertz CT molecular complexity index is 851. The largest absolute Gasteiger partial charge is 0.497 e. The Balaban J connectivity index is 1.94. The topological polar surface area (TPSA) is 117 Å². The van der Waals surface area contributed by atoms with Crippen LogP contribution in [0.15, 0.2) is 42.5 Å². The molecule has 1 N–H and O–H groups in total. The van der Waals surface area contributed by atoms with Crippen molar-refractivity contribution in [1.29, 1.82) is 0 Å². The highest BCUT2D eigenvalue weighted by Gasteiger charge is 2.17. The molecule has 27 heavy (non-hydrogen) atoms. The molecule has 142 valence electrons. The molecular weight excluding hydrogens is 356 g/mol. The molecule has 2 aromatic carbocycles. The van der Waals surface area contributed by atoms with Crippen LogP contribution in [-0.2, 0) is 20.7 Å². The number of hydrogen-bond donors (Lipinski definition) is 1. The molecule has 0 saturated carbocycles.